The van der Waals surface area contributed by atoms with Gasteiger partial charge in [-0.15, -0.1) is 0 Å². The van der Waals surface area contributed by atoms with Crippen molar-refractivity contribution in [2.45, 2.75) is 18.1 Å². The molecule has 0 aliphatic carbocycles. The molecule has 0 radical (unpaired) electrons. The normalized spacial score (nSPS) is 11.6. The van der Waals surface area contributed by atoms with Crippen LogP contribution in [0, 0.1) is 0 Å². The molecule has 0 saturated carbocycles. The first kappa shape index (κ1) is 18.0. The highest BCUT2D eigenvalue weighted by atomic mass is 32.2. The highest BCUT2D eigenvalue weighted by molar-refractivity contribution is 8.03. The quantitative estimate of drug-likeness (QED) is 0.254. The molecule has 0 saturated heterocycles. The van der Waals surface area contributed by atoms with Gasteiger partial charge in [-0.05, 0) is 5.75 Å². The van der Waals surface area contributed by atoms with Crippen LogP contribution in [-0.4, -0.2) is 52.4 Å². The molecule has 5 nitrogen and oxygen atoms in total. The Balaban J connectivity index is 3.97. The molecule has 1 unspecified atom stereocenters. The van der Waals surface area contributed by atoms with Crippen molar-refractivity contribution in [3.05, 3.63) is 12.7 Å². The van der Waals surface area contributed by atoms with E-state index in [2.05, 4.69) is 6.58 Å². The lowest BCUT2D eigenvalue weighted by atomic mass is 10.5. The molecule has 0 aromatic heterocycles. The Labute approximate surface area is 121 Å². The average Bonchev–Trinajstić information content (AvgIpc) is 2.39. The third-order valence-electron chi connectivity index (χ3n) is 1.93. The zero-order valence-electron chi connectivity index (χ0n) is 10.6. The van der Waals surface area contributed by atoms with E-state index in [0.717, 1.165) is 18.1 Å². The lowest BCUT2D eigenvalue weighted by Gasteiger charge is -2.15. The summed E-state index contributed by atoms with van der Waals surface area (Å²) in [6, 6.07) is 0. The average molecular weight is 306 g/mol. The number of aliphatic carboxylic acids is 1. The first-order valence-corrected chi connectivity index (χ1v) is 7.94. The molecule has 0 aromatic carbocycles. The van der Waals surface area contributed by atoms with E-state index in [1.54, 1.807) is 11.8 Å². The number of thioether (sulfide) groups is 2. The van der Waals surface area contributed by atoms with Crippen LogP contribution in [-0.2, 0) is 19.1 Å². The minimum atomic E-state index is -0.844. The van der Waals surface area contributed by atoms with Crippen molar-refractivity contribution >= 4 is 41.7 Å². The summed E-state index contributed by atoms with van der Waals surface area (Å²) in [7, 11) is 0. The van der Waals surface area contributed by atoms with Crippen molar-refractivity contribution in [2.24, 2.45) is 0 Å². The van der Waals surface area contributed by atoms with Crippen molar-refractivity contribution in [2.75, 3.05) is 23.9 Å². The Morgan fingerprint density at radius 1 is 1.37 bits per heavy atom. The second kappa shape index (κ2) is 12.1. The number of carboxylic acid groups (broad SMARTS) is 1. The topological polar surface area (TPSA) is 80.7 Å². The van der Waals surface area contributed by atoms with E-state index < -0.39 is 11.9 Å². The molecule has 0 rings (SSSR count). The highest BCUT2D eigenvalue weighted by Gasteiger charge is 2.12. The van der Waals surface area contributed by atoms with Gasteiger partial charge >= 0.3 is 11.9 Å². The van der Waals surface area contributed by atoms with E-state index in [1.807, 2.05) is 0 Å². The smallest absolute Gasteiger partial charge is 0.330 e. The summed E-state index contributed by atoms with van der Waals surface area (Å²) in [6.07, 6.45) is 2.52. The summed E-state index contributed by atoms with van der Waals surface area (Å²) in [5, 5.41) is 8.60. The number of ether oxygens (including phenoxy) is 1. The number of hydrogen-bond acceptors (Lipinski definition) is 6. The summed E-state index contributed by atoms with van der Waals surface area (Å²) in [5.74, 6) is 0.571. The SMILES string of the molecule is C=CC(=O)OCC(CSCCC=O)SCCC(=O)O. The summed E-state index contributed by atoms with van der Waals surface area (Å²) in [6.45, 7) is 3.53. The fraction of sp³-hybridized carbons (Fsp3) is 0.583. The molecule has 0 fully saturated rings. The molecule has 108 valence electrons. The molecular formula is C12H18O5S2. The zero-order valence-corrected chi connectivity index (χ0v) is 12.2. The van der Waals surface area contributed by atoms with Crippen LogP contribution >= 0.6 is 23.5 Å². The van der Waals surface area contributed by atoms with Gasteiger partial charge in [0.25, 0.3) is 0 Å². The van der Waals surface area contributed by atoms with Gasteiger partial charge in [0.1, 0.15) is 12.9 Å². The highest BCUT2D eigenvalue weighted by Crippen LogP contribution is 2.18. The van der Waals surface area contributed by atoms with Crippen LogP contribution in [0.15, 0.2) is 12.7 Å². The molecule has 0 amide bonds. The maximum Gasteiger partial charge on any atom is 0.330 e. The van der Waals surface area contributed by atoms with E-state index in [0.29, 0.717) is 17.9 Å². The predicted molar refractivity (Wildman–Crippen MR) is 77.7 cm³/mol. The van der Waals surface area contributed by atoms with Gasteiger partial charge in [0, 0.05) is 29.3 Å². The van der Waals surface area contributed by atoms with Crippen molar-refractivity contribution in [3.8, 4) is 0 Å². The molecule has 0 aliphatic rings. The van der Waals surface area contributed by atoms with Crippen molar-refractivity contribution < 1.29 is 24.2 Å². The van der Waals surface area contributed by atoms with Gasteiger partial charge in [-0.3, -0.25) is 4.79 Å². The minimum absolute atomic E-state index is 0.0277. The van der Waals surface area contributed by atoms with Crippen LogP contribution in [0.5, 0.6) is 0 Å². The molecule has 0 bridgehead atoms. The van der Waals surface area contributed by atoms with Crippen LogP contribution in [0.25, 0.3) is 0 Å². The molecule has 19 heavy (non-hydrogen) atoms. The summed E-state index contributed by atoms with van der Waals surface area (Å²) < 4.78 is 4.96. The Hall–Kier alpha value is -0.950. The molecule has 0 aliphatic heterocycles. The number of rotatable bonds is 12. The molecule has 1 atom stereocenters. The van der Waals surface area contributed by atoms with Gasteiger partial charge in [0.2, 0.25) is 0 Å². The van der Waals surface area contributed by atoms with E-state index >= 15 is 0 Å². The lowest BCUT2D eigenvalue weighted by Crippen LogP contribution is -2.18. The monoisotopic (exact) mass is 306 g/mol. The predicted octanol–water partition coefficient (Wildman–Crippen LogP) is 1.61. The summed E-state index contributed by atoms with van der Waals surface area (Å²) >= 11 is 3.05. The van der Waals surface area contributed by atoms with E-state index in [9.17, 15) is 14.4 Å². The molecule has 7 heteroatoms. The third-order valence-corrected chi connectivity index (χ3v) is 4.52. The second-order valence-corrected chi connectivity index (χ2v) is 6.06. The van der Waals surface area contributed by atoms with Crippen LogP contribution in [0.3, 0.4) is 0 Å². The van der Waals surface area contributed by atoms with Crippen LogP contribution in [0.4, 0.5) is 0 Å². The molecule has 0 aromatic rings. The van der Waals surface area contributed by atoms with E-state index in [4.69, 9.17) is 9.84 Å². The van der Waals surface area contributed by atoms with Gasteiger partial charge in [0.05, 0.1) is 6.42 Å². The minimum Gasteiger partial charge on any atom is -0.481 e. The Kier molecular flexibility index (Phi) is 11.5. The maximum absolute atomic E-state index is 11.0. The van der Waals surface area contributed by atoms with Crippen molar-refractivity contribution in [1.82, 2.24) is 0 Å². The fourth-order valence-electron chi connectivity index (χ4n) is 1.04. The molecule has 0 heterocycles. The van der Waals surface area contributed by atoms with Gasteiger partial charge in [-0.25, -0.2) is 4.79 Å². The number of esters is 1. The second-order valence-electron chi connectivity index (χ2n) is 3.50. The standard InChI is InChI=1S/C12H18O5S2/c1-2-12(16)17-8-10(9-18-6-3-5-13)19-7-4-11(14)15/h2,5,10H,1,3-4,6-9H2,(H,14,15). The Morgan fingerprint density at radius 3 is 2.68 bits per heavy atom. The van der Waals surface area contributed by atoms with E-state index in [-0.39, 0.29) is 18.3 Å². The van der Waals surface area contributed by atoms with Gasteiger partial charge in [-0.1, -0.05) is 6.58 Å². The van der Waals surface area contributed by atoms with Crippen LogP contribution in [0.2, 0.25) is 0 Å². The molecule has 0 spiro atoms. The Bertz CT molecular complexity index is 306. The van der Waals surface area contributed by atoms with Crippen LogP contribution in [0.1, 0.15) is 12.8 Å². The first-order chi connectivity index (χ1) is 9.10. The number of carbonyl (C=O) groups is 3. The Morgan fingerprint density at radius 2 is 2.11 bits per heavy atom. The largest absolute Gasteiger partial charge is 0.481 e. The zero-order chi connectivity index (χ0) is 14.5. The number of aldehydes is 1. The molecular weight excluding hydrogens is 288 g/mol. The van der Waals surface area contributed by atoms with Gasteiger partial charge < -0.3 is 14.6 Å². The number of hydrogen-bond donors (Lipinski definition) is 1. The number of carbonyl (C=O) groups excluding carboxylic acids is 2. The fourth-order valence-corrected chi connectivity index (χ4v) is 3.29. The lowest BCUT2D eigenvalue weighted by molar-refractivity contribution is -0.138. The first-order valence-electron chi connectivity index (χ1n) is 5.74. The van der Waals surface area contributed by atoms with Gasteiger partial charge in [0.15, 0.2) is 0 Å². The van der Waals surface area contributed by atoms with Crippen molar-refractivity contribution in [3.63, 3.8) is 0 Å². The van der Waals surface area contributed by atoms with Gasteiger partial charge in [-0.2, -0.15) is 23.5 Å². The summed E-state index contributed by atoms with van der Waals surface area (Å²) in [5.41, 5.74) is 0. The summed E-state index contributed by atoms with van der Waals surface area (Å²) in [4.78, 5) is 31.6. The molecule has 1 N–H and O–H groups in total. The maximum atomic E-state index is 11.0. The van der Waals surface area contributed by atoms with E-state index in [1.165, 1.54) is 11.8 Å². The third kappa shape index (κ3) is 11.9. The van der Waals surface area contributed by atoms with Crippen molar-refractivity contribution in [1.29, 1.82) is 0 Å². The van der Waals surface area contributed by atoms with Crippen LogP contribution < -0.4 is 0 Å². The number of carboxylic acids is 1.